The molecule has 3 rings (SSSR count). The van der Waals surface area contributed by atoms with Gasteiger partial charge in [-0.3, -0.25) is 9.88 Å². The zero-order valence-corrected chi connectivity index (χ0v) is 16.6. The number of hydrogen-bond acceptors (Lipinski definition) is 6. The molecular formula is C19H22N2O4S. The molecule has 0 saturated heterocycles. The number of methoxy groups -OCH3 is 2. The van der Waals surface area contributed by atoms with E-state index in [0.29, 0.717) is 11.5 Å². The number of carbonyl (C=O) groups is 1. The highest BCUT2D eigenvalue weighted by Crippen LogP contribution is 2.47. The van der Waals surface area contributed by atoms with Gasteiger partial charge in [-0.15, -0.1) is 11.3 Å². The summed E-state index contributed by atoms with van der Waals surface area (Å²) in [6, 6.07) is 5.71. The molecule has 7 heteroatoms. The largest absolute Gasteiger partial charge is 0.495 e. The zero-order valence-electron chi connectivity index (χ0n) is 15.7. The molecule has 0 aliphatic rings. The summed E-state index contributed by atoms with van der Waals surface area (Å²) in [4.78, 5) is 18.4. The number of fused-ring (bicyclic) bond motifs is 2. The number of hydrogen-bond donors (Lipinski definition) is 0. The van der Waals surface area contributed by atoms with Crippen LogP contribution in [0.1, 0.15) is 20.8 Å². The van der Waals surface area contributed by atoms with Crippen LogP contribution in [0.5, 0.6) is 11.5 Å². The summed E-state index contributed by atoms with van der Waals surface area (Å²) in [5.41, 5.74) is 0.170. The van der Waals surface area contributed by atoms with Gasteiger partial charge < -0.3 is 14.2 Å². The number of pyridine rings is 1. The Morgan fingerprint density at radius 1 is 1.15 bits per heavy atom. The van der Waals surface area contributed by atoms with Gasteiger partial charge in [0, 0.05) is 24.0 Å². The van der Waals surface area contributed by atoms with E-state index in [1.54, 1.807) is 27.5 Å². The van der Waals surface area contributed by atoms with Crippen molar-refractivity contribution < 1.29 is 19.0 Å². The number of rotatable bonds is 3. The van der Waals surface area contributed by atoms with E-state index in [2.05, 4.69) is 4.98 Å². The number of carbonyl (C=O) groups excluding carboxylic acids is 1. The summed E-state index contributed by atoms with van der Waals surface area (Å²) in [7, 11) is 4.94. The first-order chi connectivity index (χ1) is 12.3. The highest BCUT2D eigenvalue weighted by Gasteiger charge is 2.24. The average Bonchev–Trinajstić information content (AvgIpc) is 3.01. The van der Waals surface area contributed by atoms with Crippen molar-refractivity contribution in [3.05, 3.63) is 24.4 Å². The predicted octanol–water partition coefficient (Wildman–Crippen LogP) is 4.84. The molecule has 0 radical (unpaired) electrons. The van der Waals surface area contributed by atoms with Crippen LogP contribution in [0.15, 0.2) is 24.4 Å². The maximum Gasteiger partial charge on any atom is 0.415 e. The minimum absolute atomic E-state index is 0.412. The summed E-state index contributed by atoms with van der Waals surface area (Å²) in [5.74, 6) is 1.38. The van der Waals surface area contributed by atoms with Crippen LogP contribution in [0, 0.1) is 0 Å². The van der Waals surface area contributed by atoms with E-state index >= 15 is 0 Å². The Bertz CT molecular complexity index is 914. The van der Waals surface area contributed by atoms with Gasteiger partial charge in [-0.1, -0.05) is 0 Å². The fourth-order valence-corrected chi connectivity index (χ4v) is 3.86. The molecule has 1 amide bonds. The lowest BCUT2D eigenvalue weighted by Crippen LogP contribution is -2.33. The molecule has 0 spiro atoms. The third kappa shape index (κ3) is 3.14. The Hall–Kier alpha value is -2.54. The van der Waals surface area contributed by atoms with E-state index in [0.717, 1.165) is 26.0 Å². The molecule has 0 bridgehead atoms. The molecular weight excluding hydrogens is 352 g/mol. The van der Waals surface area contributed by atoms with Crippen LogP contribution < -0.4 is 14.4 Å². The second kappa shape index (κ2) is 6.64. The molecule has 2 heterocycles. The Morgan fingerprint density at radius 2 is 1.85 bits per heavy atom. The minimum atomic E-state index is -0.560. The molecule has 0 aliphatic heterocycles. The summed E-state index contributed by atoms with van der Waals surface area (Å²) in [5, 5.41) is 2.48. The highest BCUT2D eigenvalue weighted by atomic mass is 32.1. The summed E-state index contributed by atoms with van der Waals surface area (Å²) >= 11 is 1.44. The van der Waals surface area contributed by atoms with Crippen molar-refractivity contribution in [2.75, 3.05) is 26.2 Å². The molecule has 3 aromatic rings. The van der Waals surface area contributed by atoms with Gasteiger partial charge in [-0.2, -0.15) is 0 Å². The lowest BCUT2D eigenvalue weighted by Gasteiger charge is -2.23. The van der Waals surface area contributed by atoms with Crippen molar-refractivity contribution in [1.29, 1.82) is 0 Å². The van der Waals surface area contributed by atoms with E-state index < -0.39 is 11.7 Å². The van der Waals surface area contributed by atoms with Gasteiger partial charge in [0.1, 0.15) is 21.9 Å². The van der Waals surface area contributed by atoms with Crippen LogP contribution >= 0.6 is 11.3 Å². The number of amides is 1. The fraction of sp³-hybridized carbons (Fsp3) is 0.368. The molecule has 26 heavy (non-hydrogen) atoms. The number of anilines is 1. The van der Waals surface area contributed by atoms with Gasteiger partial charge in [0.25, 0.3) is 0 Å². The maximum absolute atomic E-state index is 12.4. The number of ether oxygens (including phenoxy) is 3. The summed E-state index contributed by atoms with van der Waals surface area (Å²) < 4.78 is 17.6. The lowest BCUT2D eigenvalue weighted by atomic mass is 10.1. The van der Waals surface area contributed by atoms with Crippen molar-refractivity contribution in [3.63, 3.8) is 0 Å². The third-order valence-corrected chi connectivity index (χ3v) is 5.05. The molecule has 0 aliphatic carbocycles. The highest BCUT2D eigenvalue weighted by molar-refractivity contribution is 7.23. The smallest absolute Gasteiger partial charge is 0.415 e. The summed E-state index contributed by atoms with van der Waals surface area (Å²) in [6.07, 6.45) is 1.31. The first-order valence-corrected chi connectivity index (χ1v) is 8.97. The molecule has 0 atom stereocenters. The first-order valence-electron chi connectivity index (χ1n) is 8.15. The second-order valence-corrected chi connectivity index (χ2v) is 7.86. The Kier molecular flexibility index (Phi) is 4.66. The monoisotopic (exact) mass is 374 g/mol. The normalized spacial score (nSPS) is 11.6. The Labute approximate surface area is 156 Å². The van der Waals surface area contributed by atoms with Crippen molar-refractivity contribution in [3.8, 4) is 11.5 Å². The molecule has 0 unspecified atom stereocenters. The van der Waals surface area contributed by atoms with Gasteiger partial charge in [0.2, 0.25) is 0 Å². The van der Waals surface area contributed by atoms with Gasteiger partial charge in [-0.25, -0.2) is 4.79 Å². The first kappa shape index (κ1) is 18.3. The molecule has 2 aromatic heterocycles. The van der Waals surface area contributed by atoms with Crippen LogP contribution in [0.3, 0.4) is 0 Å². The minimum Gasteiger partial charge on any atom is -0.495 e. The number of nitrogens with zero attached hydrogens (tertiary/aromatic N) is 2. The van der Waals surface area contributed by atoms with Crippen LogP contribution in [-0.2, 0) is 4.74 Å². The van der Waals surface area contributed by atoms with Gasteiger partial charge in [0.05, 0.1) is 18.9 Å². The summed E-state index contributed by atoms with van der Waals surface area (Å²) in [6.45, 7) is 5.52. The van der Waals surface area contributed by atoms with Crippen molar-refractivity contribution in [2.24, 2.45) is 0 Å². The van der Waals surface area contributed by atoms with Crippen LogP contribution in [-0.4, -0.2) is 37.9 Å². The second-order valence-electron chi connectivity index (χ2n) is 6.83. The molecule has 0 saturated carbocycles. The standard InChI is InChI=1S/C19H22N2O4S/c1-19(2,3)25-18(22)21(4)13-10-12-15(23-5)11-8-7-9-20-14(11)16(24-6)17(12)26-13/h7-10H,1-6H3. The Morgan fingerprint density at radius 3 is 2.46 bits per heavy atom. The molecule has 0 fully saturated rings. The zero-order chi connectivity index (χ0) is 19.1. The third-order valence-electron chi connectivity index (χ3n) is 3.84. The predicted molar refractivity (Wildman–Crippen MR) is 105 cm³/mol. The SMILES string of the molecule is COc1c2cccnc2c(OC)c2sc(N(C)C(=O)OC(C)(C)C)cc12. The van der Waals surface area contributed by atoms with Crippen LogP contribution in [0.25, 0.3) is 21.0 Å². The van der Waals surface area contributed by atoms with E-state index in [1.165, 1.54) is 16.2 Å². The van der Waals surface area contributed by atoms with E-state index in [9.17, 15) is 4.79 Å². The van der Waals surface area contributed by atoms with Crippen molar-refractivity contribution >= 4 is 43.4 Å². The number of benzene rings is 1. The topological polar surface area (TPSA) is 60.9 Å². The molecule has 138 valence electrons. The number of aromatic nitrogens is 1. The van der Waals surface area contributed by atoms with Gasteiger partial charge >= 0.3 is 6.09 Å². The van der Waals surface area contributed by atoms with Crippen LogP contribution in [0.4, 0.5) is 9.80 Å². The lowest BCUT2D eigenvalue weighted by molar-refractivity contribution is 0.0590. The van der Waals surface area contributed by atoms with Gasteiger partial charge in [-0.05, 0) is 39.0 Å². The molecule has 6 nitrogen and oxygen atoms in total. The van der Waals surface area contributed by atoms with Crippen LogP contribution in [0.2, 0.25) is 0 Å². The van der Waals surface area contributed by atoms with E-state index in [1.807, 2.05) is 39.0 Å². The quantitative estimate of drug-likeness (QED) is 0.657. The van der Waals surface area contributed by atoms with Gasteiger partial charge in [0.15, 0.2) is 5.75 Å². The molecule has 0 N–H and O–H groups in total. The van der Waals surface area contributed by atoms with Crippen molar-refractivity contribution in [1.82, 2.24) is 4.98 Å². The maximum atomic E-state index is 12.4. The van der Waals surface area contributed by atoms with Crippen molar-refractivity contribution in [2.45, 2.75) is 26.4 Å². The average molecular weight is 374 g/mol. The van der Waals surface area contributed by atoms with E-state index in [-0.39, 0.29) is 0 Å². The van der Waals surface area contributed by atoms with E-state index in [4.69, 9.17) is 14.2 Å². The fourth-order valence-electron chi connectivity index (χ4n) is 2.73. The molecule has 1 aromatic carbocycles. The Balaban J connectivity index is 2.19. The number of thiophene rings is 1.